The summed E-state index contributed by atoms with van der Waals surface area (Å²) in [5.74, 6) is 0. The summed E-state index contributed by atoms with van der Waals surface area (Å²) in [6.45, 7) is 7.96. The van der Waals surface area contributed by atoms with Crippen LogP contribution in [0.15, 0.2) is 30.3 Å². The number of aliphatic hydroxyl groups excluding tert-OH is 1. The first-order valence-electron chi connectivity index (χ1n) is 10.4. The van der Waals surface area contributed by atoms with Crippen LogP contribution in [0.1, 0.15) is 45.6 Å². The number of nitrogens with one attached hydrogen (secondary N) is 2. The molecular formula is C22H37N3O3. The molecule has 1 fully saturated rings. The second-order valence-corrected chi connectivity index (χ2v) is 8.78. The summed E-state index contributed by atoms with van der Waals surface area (Å²) in [6.07, 6.45) is 2.94. The molecule has 3 atom stereocenters. The van der Waals surface area contributed by atoms with Crippen LogP contribution < -0.4 is 10.6 Å². The number of nitrogens with zero attached hydrogens (tertiary/aromatic N) is 1. The van der Waals surface area contributed by atoms with Crippen molar-refractivity contribution in [1.82, 2.24) is 15.5 Å². The minimum atomic E-state index is -0.700. The summed E-state index contributed by atoms with van der Waals surface area (Å²) in [7, 11) is 2.17. The number of amides is 1. The van der Waals surface area contributed by atoms with Crippen molar-refractivity contribution >= 4 is 6.09 Å². The third-order valence-corrected chi connectivity index (χ3v) is 5.14. The smallest absolute Gasteiger partial charge is 0.407 e. The SMILES string of the molecule is CN1CCCC1CCNC[C@@H](O)[C@H](Cc1ccccc1)NC(=O)OC(C)(C)C. The number of likely N-dealkylation sites (tertiary alicyclic amines) is 1. The van der Waals surface area contributed by atoms with Crippen LogP contribution in [0.2, 0.25) is 0 Å². The predicted molar refractivity (Wildman–Crippen MR) is 112 cm³/mol. The lowest BCUT2D eigenvalue weighted by molar-refractivity contribution is 0.0422. The summed E-state index contributed by atoms with van der Waals surface area (Å²) in [4.78, 5) is 14.6. The summed E-state index contributed by atoms with van der Waals surface area (Å²) in [5, 5.41) is 16.9. The highest BCUT2D eigenvalue weighted by Gasteiger charge is 2.25. The first kappa shape index (κ1) is 22.7. The average Bonchev–Trinajstić information content (AvgIpc) is 3.02. The zero-order valence-corrected chi connectivity index (χ0v) is 17.8. The first-order valence-corrected chi connectivity index (χ1v) is 10.4. The van der Waals surface area contributed by atoms with Gasteiger partial charge >= 0.3 is 6.09 Å². The molecule has 158 valence electrons. The van der Waals surface area contributed by atoms with Gasteiger partial charge in [-0.15, -0.1) is 0 Å². The molecule has 1 unspecified atom stereocenters. The van der Waals surface area contributed by atoms with Gasteiger partial charge in [0.05, 0.1) is 12.1 Å². The van der Waals surface area contributed by atoms with Crippen molar-refractivity contribution in [1.29, 1.82) is 0 Å². The maximum absolute atomic E-state index is 12.2. The highest BCUT2D eigenvalue weighted by molar-refractivity contribution is 5.68. The van der Waals surface area contributed by atoms with Gasteiger partial charge in [-0.2, -0.15) is 0 Å². The van der Waals surface area contributed by atoms with Crippen LogP contribution in [-0.2, 0) is 11.2 Å². The molecule has 1 aromatic carbocycles. The minimum Gasteiger partial charge on any atom is -0.444 e. The van der Waals surface area contributed by atoms with E-state index in [9.17, 15) is 9.90 Å². The topological polar surface area (TPSA) is 73.8 Å². The Bertz CT molecular complexity index is 588. The van der Waals surface area contributed by atoms with E-state index < -0.39 is 23.8 Å². The number of hydrogen-bond donors (Lipinski definition) is 3. The Morgan fingerprint density at radius 3 is 2.64 bits per heavy atom. The maximum Gasteiger partial charge on any atom is 0.407 e. The average molecular weight is 392 g/mol. The van der Waals surface area contributed by atoms with Crippen LogP contribution in [0.4, 0.5) is 4.79 Å². The fourth-order valence-corrected chi connectivity index (χ4v) is 3.62. The van der Waals surface area contributed by atoms with Crippen molar-refractivity contribution in [3.8, 4) is 0 Å². The minimum absolute atomic E-state index is 0.418. The zero-order chi connectivity index (χ0) is 20.6. The van der Waals surface area contributed by atoms with Gasteiger partial charge < -0.3 is 25.4 Å². The molecular weight excluding hydrogens is 354 g/mol. The molecule has 1 aliphatic rings. The van der Waals surface area contributed by atoms with Crippen LogP contribution in [0.25, 0.3) is 0 Å². The van der Waals surface area contributed by atoms with Gasteiger partial charge in [0.1, 0.15) is 5.60 Å². The molecule has 28 heavy (non-hydrogen) atoms. The van der Waals surface area contributed by atoms with Gasteiger partial charge in [-0.1, -0.05) is 30.3 Å². The molecule has 0 aliphatic carbocycles. The van der Waals surface area contributed by atoms with Crippen LogP contribution in [0.5, 0.6) is 0 Å². The quantitative estimate of drug-likeness (QED) is 0.564. The summed E-state index contributed by atoms with van der Waals surface area (Å²) >= 11 is 0. The number of ether oxygens (including phenoxy) is 1. The van der Waals surface area contributed by atoms with Gasteiger partial charge in [-0.05, 0) is 72.2 Å². The highest BCUT2D eigenvalue weighted by atomic mass is 16.6. The van der Waals surface area contributed by atoms with Crippen LogP contribution in [0.3, 0.4) is 0 Å². The van der Waals surface area contributed by atoms with E-state index in [0.717, 1.165) is 18.5 Å². The van der Waals surface area contributed by atoms with Gasteiger partial charge in [0.15, 0.2) is 0 Å². The van der Waals surface area contributed by atoms with Gasteiger partial charge in [0.2, 0.25) is 0 Å². The molecule has 1 aliphatic heterocycles. The third kappa shape index (κ3) is 8.17. The fraction of sp³-hybridized carbons (Fsp3) is 0.682. The van der Waals surface area contributed by atoms with Crippen LogP contribution in [0, 0.1) is 0 Å². The maximum atomic E-state index is 12.2. The lowest BCUT2D eigenvalue weighted by atomic mass is 10.0. The van der Waals surface area contributed by atoms with Crippen LogP contribution >= 0.6 is 0 Å². The molecule has 1 aromatic rings. The van der Waals surface area contributed by atoms with Crippen molar-refractivity contribution in [3.63, 3.8) is 0 Å². The predicted octanol–water partition coefficient (Wildman–Crippen LogP) is 2.56. The van der Waals surface area contributed by atoms with Crippen molar-refractivity contribution in [2.24, 2.45) is 0 Å². The first-order chi connectivity index (χ1) is 13.2. The number of benzene rings is 1. The second kappa shape index (κ2) is 10.8. The summed E-state index contributed by atoms with van der Waals surface area (Å²) in [6, 6.07) is 10.1. The standard InChI is InChI=1S/C22H37N3O3/c1-22(2,3)28-21(27)24-19(15-17-9-6-5-7-10-17)20(26)16-23-13-12-18-11-8-14-25(18)4/h5-7,9-10,18-20,23,26H,8,11-16H2,1-4H3,(H,24,27)/t18?,19-,20+/m0/s1. The Kier molecular flexibility index (Phi) is 8.73. The van der Waals surface area contributed by atoms with E-state index in [2.05, 4.69) is 22.6 Å². The van der Waals surface area contributed by atoms with Crippen molar-refractivity contribution in [3.05, 3.63) is 35.9 Å². The van der Waals surface area contributed by atoms with Crippen molar-refractivity contribution < 1.29 is 14.6 Å². The molecule has 0 saturated carbocycles. The number of aliphatic hydroxyl groups is 1. The van der Waals surface area contributed by atoms with E-state index in [-0.39, 0.29) is 0 Å². The normalized spacial score (nSPS) is 20.0. The van der Waals surface area contributed by atoms with Crippen molar-refractivity contribution in [2.75, 3.05) is 26.7 Å². The number of carbonyl (C=O) groups is 1. The van der Waals surface area contributed by atoms with Gasteiger partial charge in [0, 0.05) is 12.6 Å². The number of hydrogen-bond acceptors (Lipinski definition) is 5. The highest BCUT2D eigenvalue weighted by Crippen LogP contribution is 2.17. The molecule has 6 nitrogen and oxygen atoms in total. The van der Waals surface area contributed by atoms with E-state index in [4.69, 9.17) is 4.74 Å². The van der Waals surface area contributed by atoms with Gasteiger partial charge in [-0.25, -0.2) is 4.79 Å². The number of rotatable bonds is 9. The Balaban J connectivity index is 1.86. The Morgan fingerprint density at radius 2 is 2.04 bits per heavy atom. The van der Waals surface area contributed by atoms with E-state index >= 15 is 0 Å². The molecule has 0 aromatic heterocycles. The molecule has 1 saturated heterocycles. The molecule has 6 heteroatoms. The van der Waals surface area contributed by atoms with Gasteiger partial charge in [-0.3, -0.25) is 0 Å². The van der Waals surface area contributed by atoms with Crippen molar-refractivity contribution in [2.45, 2.75) is 70.2 Å². The third-order valence-electron chi connectivity index (χ3n) is 5.14. The van der Waals surface area contributed by atoms with E-state index in [0.29, 0.717) is 19.0 Å². The Hall–Kier alpha value is -1.63. The van der Waals surface area contributed by atoms with E-state index in [1.54, 1.807) is 0 Å². The fourth-order valence-electron chi connectivity index (χ4n) is 3.62. The van der Waals surface area contributed by atoms with E-state index in [1.165, 1.54) is 19.4 Å². The summed E-state index contributed by atoms with van der Waals surface area (Å²) < 4.78 is 5.37. The molecule has 1 heterocycles. The Labute approximate surface area is 169 Å². The molecule has 2 rings (SSSR count). The largest absolute Gasteiger partial charge is 0.444 e. The monoisotopic (exact) mass is 391 g/mol. The molecule has 0 spiro atoms. The molecule has 0 bridgehead atoms. The second-order valence-electron chi connectivity index (χ2n) is 8.78. The van der Waals surface area contributed by atoms with Crippen LogP contribution in [-0.4, -0.2) is 66.6 Å². The zero-order valence-electron chi connectivity index (χ0n) is 17.8. The molecule has 0 radical (unpaired) electrons. The number of alkyl carbamates (subject to hydrolysis) is 1. The summed E-state index contributed by atoms with van der Waals surface area (Å²) in [5.41, 5.74) is 0.493. The molecule has 1 amide bonds. The lowest BCUT2D eigenvalue weighted by Crippen LogP contribution is -2.50. The lowest BCUT2D eigenvalue weighted by Gasteiger charge is -2.27. The Morgan fingerprint density at radius 1 is 1.32 bits per heavy atom. The van der Waals surface area contributed by atoms with Gasteiger partial charge in [0.25, 0.3) is 0 Å². The number of carbonyl (C=O) groups excluding carboxylic acids is 1. The van der Waals surface area contributed by atoms with E-state index in [1.807, 2.05) is 51.1 Å². The molecule has 3 N–H and O–H groups in total.